The molecule has 2 unspecified atom stereocenters. The number of thiazole rings is 1. The fourth-order valence-corrected chi connectivity index (χ4v) is 3.86. The van der Waals surface area contributed by atoms with Crippen molar-refractivity contribution in [1.29, 1.82) is 0 Å². The number of piperidine rings is 1. The third-order valence-corrected chi connectivity index (χ3v) is 4.74. The summed E-state index contributed by atoms with van der Waals surface area (Å²) in [6.07, 6.45) is 5.85. The molecule has 0 aliphatic carbocycles. The van der Waals surface area contributed by atoms with Gasteiger partial charge in [0.15, 0.2) is 0 Å². The molecule has 17 heavy (non-hydrogen) atoms. The normalized spacial score (nSPS) is 31.9. The fourth-order valence-electron chi connectivity index (χ4n) is 3.14. The molecule has 2 saturated heterocycles. The SMILES string of the molecule is Cc1ncc(C(=O)N2C3CCC2CC(N)C3)s1. The summed E-state index contributed by atoms with van der Waals surface area (Å²) in [5, 5.41) is 0.953. The van der Waals surface area contributed by atoms with Gasteiger partial charge in [0.25, 0.3) is 5.91 Å². The number of nitrogens with zero attached hydrogens (tertiary/aromatic N) is 2. The van der Waals surface area contributed by atoms with E-state index in [9.17, 15) is 4.79 Å². The Kier molecular flexibility index (Phi) is 2.67. The predicted octanol–water partition coefficient (Wildman–Crippen LogP) is 1.55. The van der Waals surface area contributed by atoms with E-state index in [1.165, 1.54) is 11.3 Å². The molecule has 4 nitrogen and oxygen atoms in total. The first-order chi connectivity index (χ1) is 8.15. The Morgan fingerprint density at radius 3 is 2.65 bits per heavy atom. The molecule has 2 bridgehead atoms. The van der Waals surface area contributed by atoms with E-state index in [1.807, 2.05) is 6.92 Å². The van der Waals surface area contributed by atoms with Gasteiger partial charge in [-0.15, -0.1) is 11.3 Å². The molecule has 1 aromatic heterocycles. The topological polar surface area (TPSA) is 59.2 Å². The van der Waals surface area contributed by atoms with E-state index in [4.69, 9.17) is 5.73 Å². The number of rotatable bonds is 1. The summed E-state index contributed by atoms with van der Waals surface area (Å²) in [5.74, 6) is 0.162. The first-order valence-corrected chi connectivity index (χ1v) is 6.97. The summed E-state index contributed by atoms with van der Waals surface area (Å²) in [4.78, 5) is 19.4. The highest BCUT2D eigenvalue weighted by Gasteiger charge is 2.42. The summed E-state index contributed by atoms with van der Waals surface area (Å²) in [6, 6.07) is 0.997. The van der Waals surface area contributed by atoms with Gasteiger partial charge in [-0.3, -0.25) is 4.79 Å². The maximum atomic E-state index is 12.4. The van der Waals surface area contributed by atoms with E-state index in [0.717, 1.165) is 35.6 Å². The Bertz CT molecular complexity index is 431. The predicted molar refractivity (Wildman–Crippen MR) is 67.0 cm³/mol. The van der Waals surface area contributed by atoms with Gasteiger partial charge in [0.2, 0.25) is 0 Å². The molecule has 92 valence electrons. The molecule has 2 aliphatic rings. The molecule has 0 spiro atoms. The number of carbonyl (C=O) groups excluding carboxylic acids is 1. The molecule has 3 rings (SSSR count). The second-order valence-corrected chi connectivity index (χ2v) is 6.31. The van der Waals surface area contributed by atoms with E-state index in [1.54, 1.807) is 6.20 Å². The van der Waals surface area contributed by atoms with E-state index in [-0.39, 0.29) is 11.9 Å². The zero-order chi connectivity index (χ0) is 12.0. The molecule has 1 amide bonds. The van der Waals surface area contributed by atoms with Crippen LogP contribution in [0, 0.1) is 6.92 Å². The summed E-state index contributed by atoms with van der Waals surface area (Å²) >= 11 is 1.49. The van der Waals surface area contributed by atoms with Crippen LogP contribution in [0.3, 0.4) is 0 Å². The Morgan fingerprint density at radius 1 is 1.47 bits per heavy atom. The molecular weight excluding hydrogens is 234 g/mol. The van der Waals surface area contributed by atoms with E-state index in [2.05, 4.69) is 9.88 Å². The van der Waals surface area contributed by atoms with Crippen molar-refractivity contribution in [2.75, 3.05) is 0 Å². The highest BCUT2D eigenvalue weighted by molar-refractivity contribution is 7.13. The minimum Gasteiger partial charge on any atom is -0.332 e. The van der Waals surface area contributed by atoms with Crippen molar-refractivity contribution in [2.24, 2.45) is 5.73 Å². The van der Waals surface area contributed by atoms with Crippen LogP contribution in [-0.4, -0.2) is 33.9 Å². The lowest BCUT2D eigenvalue weighted by molar-refractivity contribution is 0.0580. The molecule has 1 aromatic rings. The molecule has 2 N–H and O–H groups in total. The number of hydrogen-bond acceptors (Lipinski definition) is 4. The zero-order valence-electron chi connectivity index (χ0n) is 9.93. The number of hydrogen-bond donors (Lipinski definition) is 1. The van der Waals surface area contributed by atoms with Gasteiger partial charge in [0.1, 0.15) is 4.88 Å². The van der Waals surface area contributed by atoms with E-state index < -0.39 is 0 Å². The third kappa shape index (κ3) is 1.87. The summed E-state index contributed by atoms with van der Waals surface area (Å²) in [6.45, 7) is 1.93. The second-order valence-electron chi connectivity index (χ2n) is 5.07. The van der Waals surface area contributed by atoms with Crippen LogP contribution in [0.1, 0.15) is 40.4 Å². The Labute approximate surface area is 105 Å². The highest BCUT2D eigenvalue weighted by atomic mass is 32.1. The second kappa shape index (κ2) is 4.07. The zero-order valence-corrected chi connectivity index (χ0v) is 10.7. The molecule has 3 heterocycles. The Hall–Kier alpha value is -0.940. The van der Waals surface area contributed by atoms with Crippen LogP contribution >= 0.6 is 11.3 Å². The van der Waals surface area contributed by atoms with Gasteiger partial charge in [-0.05, 0) is 32.6 Å². The van der Waals surface area contributed by atoms with Crippen LogP contribution in [-0.2, 0) is 0 Å². The average molecular weight is 251 g/mol. The van der Waals surface area contributed by atoms with Gasteiger partial charge in [0.05, 0.1) is 11.2 Å². The average Bonchev–Trinajstić information content (AvgIpc) is 2.81. The minimum atomic E-state index is 0.162. The summed E-state index contributed by atoms with van der Waals surface area (Å²) < 4.78 is 0. The highest BCUT2D eigenvalue weighted by Crippen LogP contribution is 2.36. The number of aromatic nitrogens is 1. The van der Waals surface area contributed by atoms with Gasteiger partial charge in [-0.1, -0.05) is 0 Å². The fraction of sp³-hybridized carbons (Fsp3) is 0.667. The maximum absolute atomic E-state index is 12.4. The van der Waals surface area contributed by atoms with Gasteiger partial charge < -0.3 is 10.6 Å². The van der Waals surface area contributed by atoms with Crippen LogP contribution in [0.5, 0.6) is 0 Å². The van der Waals surface area contributed by atoms with Gasteiger partial charge >= 0.3 is 0 Å². The molecule has 2 aliphatic heterocycles. The summed E-state index contributed by atoms with van der Waals surface area (Å²) in [7, 11) is 0. The molecule has 2 fully saturated rings. The van der Waals surface area contributed by atoms with Crippen molar-refractivity contribution in [2.45, 2.75) is 50.7 Å². The molecule has 0 radical (unpaired) electrons. The first-order valence-electron chi connectivity index (χ1n) is 6.16. The van der Waals surface area contributed by atoms with Gasteiger partial charge in [-0.2, -0.15) is 0 Å². The Balaban J connectivity index is 1.83. The number of aryl methyl sites for hydroxylation is 1. The largest absolute Gasteiger partial charge is 0.332 e. The van der Waals surface area contributed by atoms with Crippen molar-refractivity contribution in [3.05, 3.63) is 16.1 Å². The quantitative estimate of drug-likeness (QED) is 0.823. The number of amides is 1. The van der Waals surface area contributed by atoms with E-state index >= 15 is 0 Å². The first kappa shape index (κ1) is 11.2. The maximum Gasteiger partial charge on any atom is 0.266 e. The van der Waals surface area contributed by atoms with Crippen molar-refractivity contribution in [1.82, 2.24) is 9.88 Å². The number of nitrogens with two attached hydrogens (primary N) is 1. The van der Waals surface area contributed by atoms with Crippen molar-refractivity contribution in [3.8, 4) is 0 Å². The van der Waals surface area contributed by atoms with E-state index in [0.29, 0.717) is 12.1 Å². The van der Waals surface area contributed by atoms with Crippen LogP contribution < -0.4 is 5.73 Å². The monoisotopic (exact) mass is 251 g/mol. The molecular formula is C12H17N3OS. The summed E-state index contributed by atoms with van der Waals surface area (Å²) in [5.41, 5.74) is 6.01. The molecule has 5 heteroatoms. The standard InChI is InChI=1S/C12H17N3OS/c1-7-14-6-11(17-7)12(16)15-9-2-3-10(15)5-8(13)4-9/h6,8-10H,2-5,13H2,1H3. The number of fused-ring (bicyclic) bond motifs is 2. The number of carbonyl (C=O) groups is 1. The van der Waals surface area contributed by atoms with Crippen molar-refractivity contribution < 1.29 is 4.79 Å². The van der Waals surface area contributed by atoms with Crippen molar-refractivity contribution in [3.63, 3.8) is 0 Å². The van der Waals surface area contributed by atoms with Crippen LogP contribution in [0.4, 0.5) is 0 Å². The minimum absolute atomic E-state index is 0.162. The lowest BCUT2D eigenvalue weighted by Crippen LogP contribution is -2.49. The molecule has 2 atom stereocenters. The smallest absolute Gasteiger partial charge is 0.266 e. The third-order valence-electron chi connectivity index (χ3n) is 3.84. The molecule has 0 aromatic carbocycles. The molecule has 0 saturated carbocycles. The van der Waals surface area contributed by atoms with Gasteiger partial charge in [0, 0.05) is 18.1 Å². The lowest BCUT2D eigenvalue weighted by atomic mass is 9.98. The van der Waals surface area contributed by atoms with Gasteiger partial charge in [-0.25, -0.2) is 4.98 Å². The van der Waals surface area contributed by atoms with Crippen LogP contribution in [0.2, 0.25) is 0 Å². The lowest BCUT2D eigenvalue weighted by Gasteiger charge is -2.37. The van der Waals surface area contributed by atoms with Crippen LogP contribution in [0.15, 0.2) is 6.20 Å². The van der Waals surface area contributed by atoms with Crippen LogP contribution in [0.25, 0.3) is 0 Å². The van der Waals surface area contributed by atoms with Crippen molar-refractivity contribution >= 4 is 17.2 Å². The Morgan fingerprint density at radius 2 is 2.12 bits per heavy atom.